The van der Waals surface area contributed by atoms with Gasteiger partial charge in [0.15, 0.2) is 0 Å². The van der Waals surface area contributed by atoms with Crippen LogP contribution < -0.4 is 4.72 Å². The van der Waals surface area contributed by atoms with Crippen molar-refractivity contribution in [3.05, 3.63) is 59.4 Å². The zero-order valence-corrected chi connectivity index (χ0v) is 13.5. The Morgan fingerprint density at radius 3 is 2.30 bits per heavy atom. The van der Waals surface area contributed by atoms with Crippen LogP contribution in [0.15, 0.2) is 47.4 Å². The number of anilines is 1. The number of hydrogen-bond acceptors (Lipinski definition) is 3. The lowest BCUT2D eigenvalue weighted by atomic mass is 9.99. The van der Waals surface area contributed by atoms with Crippen molar-refractivity contribution in [3.63, 3.8) is 0 Å². The van der Waals surface area contributed by atoms with Crippen LogP contribution in [0.4, 0.5) is 10.1 Å². The topological polar surface area (TPSA) is 66.4 Å². The molecule has 0 heterocycles. The van der Waals surface area contributed by atoms with Gasteiger partial charge in [-0.2, -0.15) is 0 Å². The fourth-order valence-corrected chi connectivity index (χ4v) is 3.05. The zero-order chi connectivity index (χ0) is 17.3. The average Bonchev–Trinajstić information content (AvgIpc) is 2.48. The van der Waals surface area contributed by atoms with Crippen LogP contribution in [0, 0.1) is 18.2 Å². The number of hydrogen-bond donors (Lipinski definition) is 2. The molecular formula is C17H16FNO3S. The summed E-state index contributed by atoms with van der Waals surface area (Å²) in [6.45, 7) is 3.21. The molecule has 0 bridgehead atoms. The lowest BCUT2D eigenvalue weighted by Gasteiger charge is -2.18. The first kappa shape index (κ1) is 17.0. The van der Waals surface area contributed by atoms with E-state index in [1.54, 1.807) is 13.8 Å². The van der Waals surface area contributed by atoms with E-state index in [0.29, 0.717) is 5.56 Å². The van der Waals surface area contributed by atoms with Crippen molar-refractivity contribution >= 4 is 15.7 Å². The summed E-state index contributed by atoms with van der Waals surface area (Å²) in [7, 11) is -3.87. The summed E-state index contributed by atoms with van der Waals surface area (Å²) in [6.07, 6.45) is 5.27. The monoisotopic (exact) mass is 333 g/mol. The smallest absolute Gasteiger partial charge is 0.261 e. The van der Waals surface area contributed by atoms with Gasteiger partial charge in [-0.3, -0.25) is 4.72 Å². The predicted octanol–water partition coefficient (Wildman–Crippen LogP) is 2.84. The third kappa shape index (κ3) is 3.89. The molecule has 120 valence electrons. The SMILES string of the molecule is C#Cc1cc(F)ccc1NS(=O)(=O)c1ccc(C(C)(C)O)cc1. The minimum Gasteiger partial charge on any atom is -0.386 e. The largest absolute Gasteiger partial charge is 0.386 e. The quantitative estimate of drug-likeness (QED) is 0.846. The second-order valence-electron chi connectivity index (χ2n) is 5.52. The van der Waals surface area contributed by atoms with Gasteiger partial charge in [0.1, 0.15) is 5.82 Å². The van der Waals surface area contributed by atoms with Crippen molar-refractivity contribution in [2.45, 2.75) is 24.3 Å². The third-order valence-corrected chi connectivity index (χ3v) is 4.63. The Bertz CT molecular complexity index is 860. The van der Waals surface area contributed by atoms with Gasteiger partial charge in [0.25, 0.3) is 10.0 Å². The fraction of sp³-hybridized carbons (Fsp3) is 0.176. The van der Waals surface area contributed by atoms with Gasteiger partial charge in [0, 0.05) is 0 Å². The summed E-state index contributed by atoms with van der Waals surface area (Å²) < 4.78 is 40.2. The molecule has 0 aromatic heterocycles. The normalized spacial score (nSPS) is 11.8. The summed E-state index contributed by atoms with van der Waals surface area (Å²) in [5.41, 5.74) is -0.242. The van der Waals surface area contributed by atoms with Crippen molar-refractivity contribution in [2.24, 2.45) is 0 Å². The first-order valence-corrected chi connectivity index (χ1v) is 8.24. The standard InChI is InChI=1S/C17H16FNO3S/c1-4-12-11-14(18)7-10-16(12)19-23(21,22)15-8-5-13(6-9-15)17(2,3)20/h1,5-11,19-20H,2-3H3. The van der Waals surface area contributed by atoms with Crippen LogP contribution in [0.3, 0.4) is 0 Å². The molecule has 0 aliphatic carbocycles. The van der Waals surface area contributed by atoms with Crippen LogP contribution in [0.2, 0.25) is 0 Å². The Hall–Kier alpha value is -2.36. The number of benzene rings is 2. The van der Waals surface area contributed by atoms with Crippen LogP contribution >= 0.6 is 0 Å². The number of aliphatic hydroxyl groups is 1. The van der Waals surface area contributed by atoms with Crippen molar-refractivity contribution < 1.29 is 17.9 Å². The van der Waals surface area contributed by atoms with E-state index in [1.165, 1.54) is 30.3 Å². The maximum atomic E-state index is 13.1. The fourth-order valence-electron chi connectivity index (χ4n) is 1.97. The van der Waals surface area contributed by atoms with E-state index in [4.69, 9.17) is 6.42 Å². The van der Waals surface area contributed by atoms with Crippen LogP contribution in [0.5, 0.6) is 0 Å². The molecule has 23 heavy (non-hydrogen) atoms. The molecule has 2 N–H and O–H groups in total. The summed E-state index contributed by atoms with van der Waals surface area (Å²) in [5, 5.41) is 9.89. The molecule has 0 radical (unpaired) electrons. The zero-order valence-electron chi connectivity index (χ0n) is 12.7. The highest BCUT2D eigenvalue weighted by Crippen LogP contribution is 2.24. The molecule has 0 saturated carbocycles. The van der Waals surface area contributed by atoms with Crippen LogP contribution in [-0.2, 0) is 15.6 Å². The van der Waals surface area contributed by atoms with Gasteiger partial charge in [-0.15, -0.1) is 6.42 Å². The molecule has 0 aliphatic rings. The number of terminal acetylenes is 1. The Kier molecular flexibility index (Phi) is 4.46. The van der Waals surface area contributed by atoms with E-state index in [0.717, 1.165) is 12.1 Å². The van der Waals surface area contributed by atoms with E-state index < -0.39 is 21.4 Å². The van der Waals surface area contributed by atoms with Crippen molar-refractivity contribution in [1.82, 2.24) is 0 Å². The van der Waals surface area contributed by atoms with Gasteiger partial charge in [0.2, 0.25) is 0 Å². The summed E-state index contributed by atoms with van der Waals surface area (Å²) in [6, 6.07) is 9.30. The molecule has 6 heteroatoms. The number of sulfonamides is 1. The molecular weight excluding hydrogens is 317 g/mol. The Balaban J connectivity index is 2.35. The molecule has 0 unspecified atom stereocenters. The van der Waals surface area contributed by atoms with Gasteiger partial charge < -0.3 is 5.11 Å². The number of rotatable bonds is 4. The summed E-state index contributed by atoms with van der Waals surface area (Å²) in [5.74, 6) is 1.69. The Morgan fingerprint density at radius 2 is 1.78 bits per heavy atom. The second-order valence-corrected chi connectivity index (χ2v) is 7.21. The third-order valence-electron chi connectivity index (χ3n) is 3.25. The van der Waals surface area contributed by atoms with E-state index in [2.05, 4.69) is 10.6 Å². The molecule has 0 atom stereocenters. The first-order chi connectivity index (χ1) is 10.6. The minimum atomic E-state index is -3.87. The van der Waals surface area contributed by atoms with E-state index in [-0.39, 0.29) is 16.1 Å². The van der Waals surface area contributed by atoms with Gasteiger partial charge in [-0.25, -0.2) is 12.8 Å². The summed E-state index contributed by atoms with van der Waals surface area (Å²) >= 11 is 0. The molecule has 4 nitrogen and oxygen atoms in total. The van der Waals surface area contributed by atoms with Gasteiger partial charge in [-0.05, 0) is 49.7 Å². The maximum absolute atomic E-state index is 13.1. The number of nitrogens with one attached hydrogen (secondary N) is 1. The molecule has 0 amide bonds. The Labute approximate surface area is 135 Å². The van der Waals surface area contributed by atoms with Gasteiger partial charge in [-0.1, -0.05) is 18.1 Å². The first-order valence-electron chi connectivity index (χ1n) is 6.75. The van der Waals surface area contributed by atoms with Gasteiger partial charge in [0.05, 0.1) is 21.7 Å². The molecule has 0 spiro atoms. The van der Waals surface area contributed by atoms with Crippen molar-refractivity contribution in [1.29, 1.82) is 0 Å². The molecule has 2 aromatic rings. The molecule has 2 aromatic carbocycles. The summed E-state index contributed by atoms with van der Waals surface area (Å²) in [4.78, 5) is 0.0118. The lowest BCUT2D eigenvalue weighted by Crippen LogP contribution is -2.17. The van der Waals surface area contributed by atoms with E-state index in [9.17, 15) is 17.9 Å². The van der Waals surface area contributed by atoms with Gasteiger partial charge >= 0.3 is 0 Å². The van der Waals surface area contributed by atoms with Crippen LogP contribution in [0.25, 0.3) is 0 Å². The molecule has 0 fully saturated rings. The van der Waals surface area contributed by atoms with Crippen molar-refractivity contribution in [3.8, 4) is 12.3 Å². The molecule has 2 rings (SSSR count). The maximum Gasteiger partial charge on any atom is 0.261 e. The second kappa shape index (κ2) is 6.03. The predicted molar refractivity (Wildman–Crippen MR) is 86.8 cm³/mol. The minimum absolute atomic E-state index is 0.0118. The number of halogens is 1. The molecule has 0 aliphatic heterocycles. The van der Waals surface area contributed by atoms with E-state index >= 15 is 0 Å². The van der Waals surface area contributed by atoms with Crippen LogP contribution in [-0.4, -0.2) is 13.5 Å². The lowest BCUT2D eigenvalue weighted by molar-refractivity contribution is 0.0785. The van der Waals surface area contributed by atoms with Crippen LogP contribution in [0.1, 0.15) is 25.0 Å². The highest BCUT2D eigenvalue weighted by Gasteiger charge is 2.19. The highest BCUT2D eigenvalue weighted by molar-refractivity contribution is 7.92. The Morgan fingerprint density at radius 1 is 1.17 bits per heavy atom. The van der Waals surface area contributed by atoms with E-state index in [1.807, 2.05) is 0 Å². The molecule has 0 saturated heterocycles. The average molecular weight is 333 g/mol. The highest BCUT2D eigenvalue weighted by atomic mass is 32.2. The van der Waals surface area contributed by atoms with Crippen molar-refractivity contribution in [2.75, 3.05) is 4.72 Å².